The van der Waals surface area contributed by atoms with Crippen LogP contribution in [0.2, 0.25) is 0 Å². The van der Waals surface area contributed by atoms with Crippen LogP contribution in [-0.4, -0.2) is 96.7 Å². The van der Waals surface area contributed by atoms with Gasteiger partial charge in [-0.05, 0) is 103 Å². The van der Waals surface area contributed by atoms with E-state index < -0.39 is 97.5 Å². The van der Waals surface area contributed by atoms with Gasteiger partial charge in [-0.2, -0.15) is 0 Å². The first kappa shape index (κ1) is 91.3. The van der Waals surface area contributed by atoms with Crippen molar-refractivity contribution in [2.75, 3.05) is 39.6 Å². The number of carbonyl (C=O) groups excluding carboxylic acids is 4. The van der Waals surface area contributed by atoms with E-state index in [-0.39, 0.29) is 25.7 Å². The second-order valence-electron chi connectivity index (χ2n) is 25.9. The van der Waals surface area contributed by atoms with Crippen molar-refractivity contribution in [2.24, 2.45) is 0 Å². The van der Waals surface area contributed by atoms with E-state index in [1.807, 2.05) is 0 Å². The first-order chi connectivity index (χ1) is 45.7. The van der Waals surface area contributed by atoms with Crippen molar-refractivity contribution in [3.8, 4) is 0 Å². The zero-order chi connectivity index (χ0) is 69.0. The van der Waals surface area contributed by atoms with Gasteiger partial charge in [0.25, 0.3) is 0 Å². The minimum Gasteiger partial charge on any atom is -0.462 e. The topological polar surface area (TPSA) is 237 Å². The molecule has 0 spiro atoms. The lowest BCUT2D eigenvalue weighted by Gasteiger charge is -2.21. The molecule has 0 rings (SSSR count). The van der Waals surface area contributed by atoms with Gasteiger partial charge in [0.1, 0.15) is 19.3 Å². The molecule has 0 fully saturated rings. The van der Waals surface area contributed by atoms with Crippen LogP contribution in [0, 0.1) is 0 Å². The predicted octanol–water partition coefficient (Wildman–Crippen LogP) is 21.6. The number of rotatable bonds is 73. The van der Waals surface area contributed by atoms with Crippen LogP contribution < -0.4 is 0 Å². The van der Waals surface area contributed by atoms with Crippen LogP contribution in [-0.2, 0) is 65.4 Å². The van der Waals surface area contributed by atoms with Gasteiger partial charge >= 0.3 is 39.5 Å². The summed E-state index contributed by atoms with van der Waals surface area (Å²) >= 11 is 0. The minimum absolute atomic E-state index is 0.0892. The van der Waals surface area contributed by atoms with E-state index in [2.05, 4.69) is 64.2 Å². The number of esters is 4. The van der Waals surface area contributed by atoms with Crippen LogP contribution in [0.15, 0.2) is 36.5 Å². The fraction of sp³-hybridized carbons (Fsp3) is 0.867. The Bertz CT molecular complexity index is 1930. The van der Waals surface area contributed by atoms with Crippen molar-refractivity contribution in [2.45, 2.75) is 380 Å². The average molecular weight is 1380 g/mol. The van der Waals surface area contributed by atoms with Crippen molar-refractivity contribution in [3.05, 3.63) is 36.5 Å². The van der Waals surface area contributed by atoms with Gasteiger partial charge in [0.15, 0.2) is 12.2 Å². The highest BCUT2D eigenvalue weighted by Gasteiger charge is 2.30. The first-order valence-electron chi connectivity index (χ1n) is 38.2. The summed E-state index contributed by atoms with van der Waals surface area (Å²) in [5.41, 5.74) is 0. The largest absolute Gasteiger partial charge is 0.472 e. The monoisotopic (exact) mass is 1370 g/mol. The molecule has 2 unspecified atom stereocenters. The molecule has 19 heteroatoms. The minimum atomic E-state index is -4.96. The van der Waals surface area contributed by atoms with Crippen molar-refractivity contribution < 1.29 is 80.2 Å². The van der Waals surface area contributed by atoms with Crippen LogP contribution in [0.4, 0.5) is 0 Å². The lowest BCUT2D eigenvalue weighted by molar-refractivity contribution is -0.161. The summed E-state index contributed by atoms with van der Waals surface area (Å²) in [6, 6.07) is 0. The first-order valence-corrected chi connectivity index (χ1v) is 41.2. The number of phosphoric ester groups is 2. The molecule has 0 saturated heterocycles. The Hall–Kier alpha value is -2.72. The van der Waals surface area contributed by atoms with Crippen LogP contribution in [0.1, 0.15) is 362 Å². The van der Waals surface area contributed by atoms with E-state index in [9.17, 15) is 43.2 Å². The number of ether oxygens (including phenoxy) is 4. The Kier molecular flexibility index (Phi) is 66.8. The maximum atomic E-state index is 13.1. The fourth-order valence-corrected chi connectivity index (χ4v) is 12.3. The molecule has 0 radical (unpaired) electrons. The smallest absolute Gasteiger partial charge is 0.462 e. The number of carbonyl (C=O) groups is 4. The average Bonchev–Trinajstić information content (AvgIpc) is 2.45. The van der Waals surface area contributed by atoms with Gasteiger partial charge in [-0.1, -0.05) is 270 Å². The maximum absolute atomic E-state index is 13.1. The molecule has 0 aliphatic carbocycles. The fourth-order valence-electron chi connectivity index (χ4n) is 10.7. The highest BCUT2D eigenvalue weighted by Crippen LogP contribution is 2.45. The molecule has 0 heterocycles. The van der Waals surface area contributed by atoms with Crippen molar-refractivity contribution in [3.63, 3.8) is 0 Å². The van der Waals surface area contributed by atoms with Gasteiger partial charge in [0.05, 0.1) is 26.4 Å². The summed E-state index contributed by atoms with van der Waals surface area (Å²) in [6.45, 7) is 4.88. The third kappa shape index (κ3) is 67.8. The summed E-state index contributed by atoms with van der Waals surface area (Å²) in [4.78, 5) is 72.7. The zero-order valence-corrected chi connectivity index (χ0v) is 61.9. The Labute approximate surface area is 573 Å². The molecule has 0 bridgehead atoms. The van der Waals surface area contributed by atoms with Gasteiger partial charge in [-0.3, -0.25) is 37.3 Å². The molecular formula is C75H140O17P2. The third-order valence-electron chi connectivity index (χ3n) is 16.6. The quantitative estimate of drug-likeness (QED) is 0.0169. The maximum Gasteiger partial charge on any atom is 0.472 e. The molecule has 0 aromatic heterocycles. The molecule has 0 aromatic rings. The number of phosphoric acid groups is 2. The second kappa shape index (κ2) is 68.8. The highest BCUT2D eigenvalue weighted by molar-refractivity contribution is 7.47. The molecule has 0 saturated carbocycles. The molecule has 0 aliphatic rings. The SMILES string of the molecule is CCCCCC/C=C\CCCCCCCC(=O)OC[C@H](COP(=O)(O)OC[C@@H](O)COP(=O)(O)OC[C@@H](COC(=O)CCCCCCC/C=C\CCCCCCCC)OC(=O)CCCCCCC/C=C\CCCCCC)OC(=O)CCCCCCCCCCCCCCC. The number of hydrogen-bond donors (Lipinski definition) is 3. The van der Waals surface area contributed by atoms with E-state index >= 15 is 0 Å². The van der Waals surface area contributed by atoms with Crippen LogP contribution in [0.5, 0.6) is 0 Å². The van der Waals surface area contributed by atoms with Crippen LogP contribution in [0.25, 0.3) is 0 Å². The van der Waals surface area contributed by atoms with Gasteiger partial charge in [0.2, 0.25) is 0 Å². The summed E-state index contributed by atoms with van der Waals surface area (Å²) in [6.07, 6.45) is 62.7. The summed E-state index contributed by atoms with van der Waals surface area (Å²) in [7, 11) is -9.93. The lowest BCUT2D eigenvalue weighted by Crippen LogP contribution is -2.30. The predicted molar refractivity (Wildman–Crippen MR) is 381 cm³/mol. The number of unbranched alkanes of at least 4 members (excludes halogenated alkanes) is 41. The van der Waals surface area contributed by atoms with E-state index in [4.69, 9.17) is 37.0 Å². The molecule has 17 nitrogen and oxygen atoms in total. The van der Waals surface area contributed by atoms with Crippen molar-refractivity contribution in [1.82, 2.24) is 0 Å². The standard InChI is InChI=1S/C75H140O17P2/c1-5-9-13-17-21-25-29-33-34-38-40-44-48-52-56-60-73(78)86-66-71(92-75(80)62-58-54-50-46-42-37-32-28-24-20-16-12-8-4)68-90-94(83,84)88-64-69(76)63-87-93(81,82)89-67-70(91-74(79)61-57-53-49-45-41-36-31-27-23-19-15-11-7-3)65-85-72(77)59-55-51-47-43-39-35-30-26-22-18-14-10-6-2/h26,28,30,32-34,69-71,76H,5-25,27,29,31,35-68H2,1-4H3,(H,81,82)(H,83,84)/b30-26-,32-28-,34-33-/t69-,70-,71-/m1/s1. The van der Waals surface area contributed by atoms with E-state index in [0.717, 1.165) is 141 Å². The number of allylic oxidation sites excluding steroid dienone is 6. The second-order valence-corrected chi connectivity index (χ2v) is 28.9. The van der Waals surface area contributed by atoms with Gasteiger partial charge < -0.3 is 33.8 Å². The Balaban J connectivity index is 5.30. The van der Waals surface area contributed by atoms with Gasteiger partial charge in [-0.15, -0.1) is 0 Å². The van der Waals surface area contributed by atoms with Crippen molar-refractivity contribution >= 4 is 39.5 Å². The molecule has 94 heavy (non-hydrogen) atoms. The van der Waals surface area contributed by atoms with E-state index in [1.54, 1.807) is 0 Å². The normalized spacial score (nSPS) is 14.2. The summed E-state index contributed by atoms with van der Waals surface area (Å²) in [5.74, 6) is -2.16. The molecule has 552 valence electrons. The molecule has 3 N–H and O–H groups in total. The molecule has 0 aliphatic heterocycles. The van der Waals surface area contributed by atoms with Gasteiger partial charge in [0, 0.05) is 25.7 Å². The third-order valence-corrected chi connectivity index (χ3v) is 18.5. The molecule has 0 aromatic carbocycles. The van der Waals surface area contributed by atoms with Crippen LogP contribution in [0.3, 0.4) is 0 Å². The summed E-state index contributed by atoms with van der Waals surface area (Å²) in [5, 5.41) is 10.6. The molecule has 0 amide bonds. The number of hydrogen-bond acceptors (Lipinski definition) is 15. The van der Waals surface area contributed by atoms with E-state index in [1.165, 1.54) is 141 Å². The Morgan fingerprint density at radius 1 is 0.287 bits per heavy atom. The Morgan fingerprint density at radius 3 is 0.745 bits per heavy atom. The van der Waals surface area contributed by atoms with Gasteiger partial charge in [-0.25, -0.2) is 9.13 Å². The van der Waals surface area contributed by atoms with Crippen molar-refractivity contribution in [1.29, 1.82) is 0 Å². The lowest BCUT2D eigenvalue weighted by atomic mass is 10.0. The molecule has 5 atom stereocenters. The zero-order valence-electron chi connectivity index (χ0n) is 60.2. The highest BCUT2D eigenvalue weighted by atomic mass is 31.2. The van der Waals surface area contributed by atoms with E-state index in [0.29, 0.717) is 25.7 Å². The molecular weight excluding hydrogens is 1230 g/mol. The Morgan fingerprint density at radius 2 is 0.489 bits per heavy atom. The summed E-state index contributed by atoms with van der Waals surface area (Å²) < 4.78 is 68.4. The van der Waals surface area contributed by atoms with Crippen LogP contribution >= 0.6 is 15.6 Å². The number of aliphatic hydroxyl groups is 1. The number of aliphatic hydroxyl groups excluding tert-OH is 1.